The van der Waals surface area contributed by atoms with Crippen molar-refractivity contribution in [1.82, 2.24) is 13.8 Å². The molecule has 0 bridgehead atoms. The summed E-state index contributed by atoms with van der Waals surface area (Å²) in [6.45, 7) is 14.1. The maximum Gasteiger partial charge on any atom is 0.146 e. The Hall–Kier alpha value is -8.93. The quantitative estimate of drug-likeness (QED) is 0.166. The predicted molar refractivity (Wildman–Crippen MR) is 315 cm³/mol. The first-order valence-electron chi connectivity index (χ1n) is 26.0. The van der Waals surface area contributed by atoms with Gasteiger partial charge in [-0.2, -0.15) is 0 Å². The molecule has 0 spiro atoms. The van der Waals surface area contributed by atoms with Gasteiger partial charge in [0.25, 0.3) is 0 Å². The van der Waals surface area contributed by atoms with Gasteiger partial charge in [0, 0.05) is 65.8 Å². The lowest BCUT2D eigenvalue weighted by molar-refractivity contribution is 0.591. The Morgan fingerprint density at radius 2 is 0.770 bits per heavy atom. The number of hydrogen-bond acceptors (Lipinski definition) is 3. The molecule has 5 aromatic heterocycles. The molecule has 0 aliphatic carbocycles. The number of para-hydroxylation sites is 4. The van der Waals surface area contributed by atoms with Gasteiger partial charge in [0.05, 0.1) is 45.2 Å². The standard InChI is InChI=1S/C69H53N5/c1-68(2,3)44-38-54-59-50-33-21-20-24-43(50)36-56(71(46-25-11-7-12-26-46)47-27-13-8-14-28-47)66(59)73-58-41-70-67-62(60(58)55(39-44)63(54)73)61-51-34-22-19-23-42(51)35-52-53-37-45(69(4,5)6)40-57(64(53)74(67)65(52)61)72(48-29-15-9-16-30-48)49-31-17-10-18-32-49/h7-41H,1-6H3. The summed E-state index contributed by atoms with van der Waals surface area (Å²) >= 11 is 0. The van der Waals surface area contributed by atoms with E-state index in [0.29, 0.717) is 0 Å². The Morgan fingerprint density at radius 1 is 0.338 bits per heavy atom. The van der Waals surface area contributed by atoms with Gasteiger partial charge >= 0.3 is 0 Å². The van der Waals surface area contributed by atoms with Crippen LogP contribution in [0.5, 0.6) is 0 Å². The third-order valence-electron chi connectivity index (χ3n) is 16.0. The van der Waals surface area contributed by atoms with Gasteiger partial charge in [-0.05, 0) is 128 Å². The second-order valence-corrected chi connectivity index (χ2v) is 22.4. The van der Waals surface area contributed by atoms with Crippen LogP contribution in [0.15, 0.2) is 212 Å². The van der Waals surface area contributed by atoms with Crippen LogP contribution in [0.3, 0.4) is 0 Å². The van der Waals surface area contributed by atoms with Crippen LogP contribution in [0, 0.1) is 0 Å². The third-order valence-corrected chi connectivity index (χ3v) is 16.0. The van der Waals surface area contributed by atoms with Crippen LogP contribution < -0.4 is 9.80 Å². The fourth-order valence-corrected chi connectivity index (χ4v) is 12.5. The molecule has 74 heavy (non-hydrogen) atoms. The van der Waals surface area contributed by atoms with Gasteiger partial charge in [0.1, 0.15) is 5.65 Å². The van der Waals surface area contributed by atoms with Gasteiger partial charge in [-0.25, -0.2) is 4.98 Å². The molecule has 5 heteroatoms. The topological polar surface area (TPSA) is 28.2 Å². The second kappa shape index (κ2) is 15.3. The lowest BCUT2D eigenvalue weighted by Gasteiger charge is -2.29. The van der Waals surface area contributed by atoms with Crippen LogP contribution in [0.2, 0.25) is 0 Å². The van der Waals surface area contributed by atoms with E-state index in [2.05, 4.69) is 273 Å². The van der Waals surface area contributed by atoms with Crippen LogP contribution >= 0.6 is 0 Å². The lowest BCUT2D eigenvalue weighted by atomic mass is 9.85. The van der Waals surface area contributed by atoms with E-state index in [1.165, 1.54) is 92.3 Å². The van der Waals surface area contributed by atoms with Crippen molar-refractivity contribution < 1.29 is 0 Å². The summed E-state index contributed by atoms with van der Waals surface area (Å²) in [5.41, 5.74) is 15.8. The molecule has 354 valence electrons. The monoisotopic (exact) mass is 951 g/mol. The highest BCUT2D eigenvalue weighted by Gasteiger charge is 2.33. The fourth-order valence-electron chi connectivity index (χ4n) is 12.5. The van der Waals surface area contributed by atoms with E-state index in [-0.39, 0.29) is 10.8 Å². The van der Waals surface area contributed by atoms with E-state index in [1.807, 2.05) is 0 Å². The molecule has 0 atom stereocenters. The number of rotatable bonds is 6. The van der Waals surface area contributed by atoms with Crippen molar-refractivity contribution in [3.05, 3.63) is 224 Å². The number of anilines is 6. The van der Waals surface area contributed by atoms with E-state index >= 15 is 0 Å². The second-order valence-electron chi connectivity index (χ2n) is 22.4. The molecular weight excluding hydrogens is 899 g/mol. The van der Waals surface area contributed by atoms with E-state index in [1.54, 1.807) is 0 Å². The molecular formula is C69H53N5. The summed E-state index contributed by atoms with van der Waals surface area (Å²) in [7, 11) is 0. The molecule has 10 aromatic carbocycles. The van der Waals surface area contributed by atoms with Crippen molar-refractivity contribution in [3.8, 4) is 0 Å². The lowest BCUT2D eigenvalue weighted by Crippen LogP contribution is -2.15. The maximum absolute atomic E-state index is 5.81. The zero-order chi connectivity index (χ0) is 49.8. The molecule has 15 rings (SSSR count). The SMILES string of the molecule is CC(C)(C)c1cc(N(c2ccccc2)c2ccccc2)c2c(c1)c1cc3ccccc3c3c4c5c6cc(C(C)(C)C)cc7c8c9ccccc9cc(N(c9ccccc9)c9ccccc9)c8n(c5cnc4n2c13)c67. The molecule has 0 saturated heterocycles. The largest absolute Gasteiger partial charge is 0.308 e. The Bertz CT molecular complexity index is 4630. The van der Waals surface area contributed by atoms with Crippen molar-refractivity contribution in [2.24, 2.45) is 0 Å². The summed E-state index contributed by atoms with van der Waals surface area (Å²) in [4.78, 5) is 10.7. The van der Waals surface area contributed by atoms with Crippen LogP contribution in [0.25, 0.3) is 97.9 Å². The first-order valence-corrected chi connectivity index (χ1v) is 26.0. The van der Waals surface area contributed by atoms with Gasteiger partial charge in [0.15, 0.2) is 0 Å². The molecule has 0 amide bonds. The molecule has 0 unspecified atom stereocenters. The minimum Gasteiger partial charge on any atom is -0.308 e. The summed E-state index contributed by atoms with van der Waals surface area (Å²) < 4.78 is 5.11. The molecule has 0 fully saturated rings. The highest BCUT2D eigenvalue weighted by Crippen LogP contribution is 2.54. The van der Waals surface area contributed by atoms with Gasteiger partial charge in [0.2, 0.25) is 0 Å². The third kappa shape index (κ3) is 5.95. The minimum absolute atomic E-state index is 0.127. The molecule has 15 aromatic rings. The summed E-state index contributed by atoms with van der Waals surface area (Å²) in [6, 6.07) is 76.2. The molecule has 5 heterocycles. The van der Waals surface area contributed by atoms with E-state index < -0.39 is 0 Å². The highest BCUT2D eigenvalue weighted by atomic mass is 15.2. The maximum atomic E-state index is 5.81. The number of nitrogens with zero attached hydrogens (tertiary/aromatic N) is 5. The van der Waals surface area contributed by atoms with Crippen LogP contribution in [-0.4, -0.2) is 13.8 Å². The van der Waals surface area contributed by atoms with Crippen molar-refractivity contribution in [3.63, 3.8) is 0 Å². The highest BCUT2D eigenvalue weighted by molar-refractivity contribution is 6.40. The van der Waals surface area contributed by atoms with Crippen LogP contribution in [0.1, 0.15) is 52.7 Å². The van der Waals surface area contributed by atoms with E-state index in [9.17, 15) is 0 Å². The molecule has 0 saturated carbocycles. The smallest absolute Gasteiger partial charge is 0.146 e. The minimum atomic E-state index is -0.141. The first-order chi connectivity index (χ1) is 36.0. The van der Waals surface area contributed by atoms with Crippen molar-refractivity contribution in [1.29, 1.82) is 0 Å². The first kappa shape index (κ1) is 42.7. The van der Waals surface area contributed by atoms with Crippen molar-refractivity contribution in [2.75, 3.05) is 9.80 Å². The average molecular weight is 952 g/mol. The number of fused-ring (bicyclic) bond motifs is 17. The van der Waals surface area contributed by atoms with Crippen molar-refractivity contribution in [2.45, 2.75) is 52.4 Å². The Balaban J connectivity index is 1.19. The van der Waals surface area contributed by atoms with E-state index in [4.69, 9.17) is 4.98 Å². The molecule has 5 nitrogen and oxygen atoms in total. The molecule has 0 aliphatic rings. The van der Waals surface area contributed by atoms with Crippen LogP contribution in [0.4, 0.5) is 34.1 Å². The van der Waals surface area contributed by atoms with Crippen LogP contribution in [-0.2, 0) is 10.8 Å². The molecule has 0 aliphatic heterocycles. The number of hydrogen-bond donors (Lipinski definition) is 0. The Morgan fingerprint density at radius 3 is 1.31 bits per heavy atom. The average Bonchev–Trinajstić information content (AvgIpc) is 4.16. The zero-order valence-electron chi connectivity index (χ0n) is 42.4. The number of benzene rings is 10. The van der Waals surface area contributed by atoms with Crippen molar-refractivity contribution >= 4 is 132 Å². The predicted octanol–water partition coefficient (Wildman–Crippen LogP) is 19.2. The van der Waals surface area contributed by atoms with Gasteiger partial charge < -0.3 is 14.2 Å². The number of pyridine rings is 1. The molecule has 0 radical (unpaired) electrons. The Kier molecular flexibility index (Phi) is 8.83. The van der Waals surface area contributed by atoms with Gasteiger partial charge in [-0.3, -0.25) is 4.40 Å². The summed E-state index contributed by atoms with van der Waals surface area (Å²) in [6.07, 6.45) is 2.19. The molecule has 0 N–H and O–H groups in total. The van der Waals surface area contributed by atoms with Gasteiger partial charge in [-0.15, -0.1) is 0 Å². The van der Waals surface area contributed by atoms with Gasteiger partial charge in [-0.1, -0.05) is 163 Å². The van der Waals surface area contributed by atoms with E-state index in [0.717, 1.165) is 50.8 Å². The Labute approximate surface area is 429 Å². The fraction of sp³-hybridized carbons (Fsp3) is 0.116. The number of aromatic nitrogens is 3. The normalized spacial score (nSPS) is 12.7. The zero-order valence-corrected chi connectivity index (χ0v) is 42.4. The summed E-state index contributed by atoms with van der Waals surface area (Å²) in [5.74, 6) is 0. The summed E-state index contributed by atoms with van der Waals surface area (Å²) in [5, 5.41) is 14.8.